The Labute approximate surface area is 74.6 Å². The van der Waals surface area contributed by atoms with Gasteiger partial charge in [-0.2, -0.15) is 0 Å². The molecular weight excluding hydrogens is 154 g/mol. The minimum atomic E-state index is -0.343. The van der Waals surface area contributed by atoms with Gasteiger partial charge in [0.25, 0.3) is 0 Å². The van der Waals surface area contributed by atoms with E-state index in [0.29, 0.717) is 6.04 Å². The van der Waals surface area contributed by atoms with Crippen LogP contribution in [-0.2, 0) is 9.47 Å². The van der Waals surface area contributed by atoms with Gasteiger partial charge in [0.05, 0.1) is 6.54 Å². The van der Waals surface area contributed by atoms with Gasteiger partial charge in [-0.25, -0.2) is 0 Å². The molecule has 0 amide bonds. The number of likely N-dealkylation sites (tertiary alicyclic amines) is 1. The molecule has 1 aliphatic heterocycles. The van der Waals surface area contributed by atoms with Crippen LogP contribution in [0.5, 0.6) is 0 Å². The molecule has 0 aromatic rings. The minimum Gasteiger partial charge on any atom is -0.352 e. The zero-order chi connectivity index (χ0) is 9.19. The van der Waals surface area contributed by atoms with Crippen molar-refractivity contribution in [3.63, 3.8) is 0 Å². The SMILES string of the molecule is COC1(OC)CCN(C(C)C)C1. The number of nitrogens with zero attached hydrogens (tertiary/aromatic N) is 1. The van der Waals surface area contributed by atoms with Gasteiger partial charge < -0.3 is 9.47 Å². The van der Waals surface area contributed by atoms with Gasteiger partial charge >= 0.3 is 0 Å². The molecule has 1 rings (SSSR count). The Morgan fingerprint density at radius 1 is 1.25 bits per heavy atom. The van der Waals surface area contributed by atoms with Crippen molar-refractivity contribution in [3.05, 3.63) is 0 Å². The molecule has 0 saturated carbocycles. The lowest BCUT2D eigenvalue weighted by Gasteiger charge is -2.27. The van der Waals surface area contributed by atoms with Gasteiger partial charge in [0.2, 0.25) is 0 Å². The first-order chi connectivity index (χ1) is 5.63. The first-order valence-electron chi connectivity index (χ1n) is 4.48. The van der Waals surface area contributed by atoms with E-state index in [9.17, 15) is 0 Å². The van der Waals surface area contributed by atoms with Crippen molar-refractivity contribution in [3.8, 4) is 0 Å². The highest BCUT2D eigenvalue weighted by Crippen LogP contribution is 2.26. The molecule has 12 heavy (non-hydrogen) atoms. The normalized spacial score (nSPS) is 23.8. The maximum atomic E-state index is 5.36. The van der Waals surface area contributed by atoms with Crippen molar-refractivity contribution < 1.29 is 9.47 Å². The smallest absolute Gasteiger partial charge is 0.181 e. The van der Waals surface area contributed by atoms with Crippen LogP contribution in [0.2, 0.25) is 0 Å². The predicted molar refractivity (Wildman–Crippen MR) is 48.1 cm³/mol. The second-order valence-corrected chi connectivity index (χ2v) is 3.63. The van der Waals surface area contributed by atoms with E-state index >= 15 is 0 Å². The summed E-state index contributed by atoms with van der Waals surface area (Å²) in [5.41, 5.74) is 0. The molecule has 1 fully saturated rings. The summed E-state index contributed by atoms with van der Waals surface area (Å²) < 4.78 is 10.7. The third kappa shape index (κ3) is 1.79. The van der Waals surface area contributed by atoms with Gasteiger partial charge in [-0.1, -0.05) is 0 Å². The lowest BCUT2D eigenvalue weighted by molar-refractivity contribution is -0.196. The summed E-state index contributed by atoms with van der Waals surface area (Å²) in [6, 6.07) is 0.581. The standard InChI is InChI=1S/C9H19NO2/c1-8(2)10-6-5-9(7-10,11-3)12-4/h8H,5-7H2,1-4H3. The van der Waals surface area contributed by atoms with Gasteiger partial charge in [0, 0.05) is 33.2 Å². The Morgan fingerprint density at radius 2 is 1.83 bits per heavy atom. The number of hydrogen-bond acceptors (Lipinski definition) is 3. The average Bonchev–Trinajstić information content (AvgIpc) is 2.49. The van der Waals surface area contributed by atoms with Crippen molar-refractivity contribution in [2.75, 3.05) is 27.3 Å². The van der Waals surface area contributed by atoms with E-state index in [0.717, 1.165) is 19.5 Å². The summed E-state index contributed by atoms with van der Waals surface area (Å²) in [5.74, 6) is -0.343. The van der Waals surface area contributed by atoms with Gasteiger partial charge in [-0.05, 0) is 13.8 Å². The highest BCUT2D eigenvalue weighted by atomic mass is 16.7. The molecule has 3 nitrogen and oxygen atoms in total. The Kier molecular flexibility index (Phi) is 3.09. The number of rotatable bonds is 3. The van der Waals surface area contributed by atoms with Crippen molar-refractivity contribution in [1.82, 2.24) is 4.90 Å². The summed E-state index contributed by atoms with van der Waals surface area (Å²) in [4.78, 5) is 2.37. The monoisotopic (exact) mass is 173 g/mol. The van der Waals surface area contributed by atoms with Crippen LogP contribution in [0.4, 0.5) is 0 Å². The third-order valence-electron chi connectivity index (χ3n) is 2.70. The zero-order valence-electron chi connectivity index (χ0n) is 8.46. The molecule has 0 unspecified atom stereocenters. The Bertz CT molecular complexity index is 143. The highest BCUT2D eigenvalue weighted by Gasteiger charge is 2.38. The Morgan fingerprint density at radius 3 is 2.08 bits per heavy atom. The van der Waals surface area contributed by atoms with Crippen LogP contribution in [0.25, 0.3) is 0 Å². The minimum absolute atomic E-state index is 0.343. The van der Waals surface area contributed by atoms with Crippen LogP contribution in [0.1, 0.15) is 20.3 Å². The quantitative estimate of drug-likeness (QED) is 0.596. The maximum Gasteiger partial charge on any atom is 0.181 e. The lowest BCUT2D eigenvalue weighted by atomic mass is 10.2. The molecule has 0 radical (unpaired) electrons. The molecule has 72 valence electrons. The second kappa shape index (κ2) is 3.73. The Hall–Kier alpha value is -0.120. The fourth-order valence-corrected chi connectivity index (χ4v) is 1.64. The molecule has 0 atom stereocenters. The fraction of sp³-hybridized carbons (Fsp3) is 1.00. The first-order valence-corrected chi connectivity index (χ1v) is 4.48. The largest absolute Gasteiger partial charge is 0.352 e. The lowest BCUT2D eigenvalue weighted by Crippen LogP contribution is -2.39. The van der Waals surface area contributed by atoms with Crippen LogP contribution in [0.3, 0.4) is 0 Å². The summed E-state index contributed by atoms with van der Waals surface area (Å²) in [6.07, 6.45) is 0.970. The van der Waals surface area contributed by atoms with Gasteiger partial charge in [-0.15, -0.1) is 0 Å². The van der Waals surface area contributed by atoms with Crippen molar-refractivity contribution in [2.45, 2.75) is 32.1 Å². The molecule has 0 bridgehead atoms. The molecule has 0 N–H and O–H groups in total. The van der Waals surface area contributed by atoms with E-state index in [1.807, 2.05) is 0 Å². The van der Waals surface area contributed by atoms with Crippen LogP contribution < -0.4 is 0 Å². The van der Waals surface area contributed by atoms with E-state index in [2.05, 4.69) is 18.7 Å². The molecule has 1 aliphatic rings. The third-order valence-corrected chi connectivity index (χ3v) is 2.70. The summed E-state index contributed by atoms with van der Waals surface area (Å²) in [7, 11) is 3.43. The van der Waals surface area contributed by atoms with E-state index in [1.54, 1.807) is 14.2 Å². The summed E-state index contributed by atoms with van der Waals surface area (Å²) >= 11 is 0. The molecule has 0 spiro atoms. The summed E-state index contributed by atoms with van der Waals surface area (Å²) in [6.45, 7) is 6.35. The van der Waals surface area contributed by atoms with Crippen molar-refractivity contribution >= 4 is 0 Å². The van der Waals surface area contributed by atoms with Crippen LogP contribution in [-0.4, -0.2) is 44.0 Å². The molecule has 3 heteroatoms. The van der Waals surface area contributed by atoms with E-state index < -0.39 is 0 Å². The molecular formula is C9H19NO2. The summed E-state index contributed by atoms with van der Waals surface area (Å²) in [5, 5.41) is 0. The van der Waals surface area contributed by atoms with Gasteiger partial charge in [0.15, 0.2) is 5.79 Å². The molecule has 1 saturated heterocycles. The van der Waals surface area contributed by atoms with Crippen LogP contribution in [0.15, 0.2) is 0 Å². The van der Waals surface area contributed by atoms with Crippen LogP contribution >= 0.6 is 0 Å². The molecule has 0 aliphatic carbocycles. The van der Waals surface area contributed by atoms with Crippen LogP contribution in [0, 0.1) is 0 Å². The predicted octanol–water partition coefficient (Wildman–Crippen LogP) is 1.09. The van der Waals surface area contributed by atoms with Gasteiger partial charge in [-0.3, -0.25) is 4.90 Å². The molecule has 0 aromatic carbocycles. The maximum absolute atomic E-state index is 5.36. The highest BCUT2D eigenvalue weighted by molar-refractivity contribution is 4.85. The van der Waals surface area contributed by atoms with E-state index in [1.165, 1.54) is 0 Å². The van der Waals surface area contributed by atoms with E-state index in [-0.39, 0.29) is 5.79 Å². The number of methoxy groups -OCH3 is 2. The molecule has 0 aromatic heterocycles. The average molecular weight is 173 g/mol. The topological polar surface area (TPSA) is 21.7 Å². The zero-order valence-corrected chi connectivity index (χ0v) is 8.46. The Balaban J connectivity index is 2.52. The second-order valence-electron chi connectivity index (χ2n) is 3.63. The molecule has 1 heterocycles. The first kappa shape index (κ1) is 9.96. The van der Waals surface area contributed by atoms with E-state index in [4.69, 9.17) is 9.47 Å². The number of hydrogen-bond donors (Lipinski definition) is 0. The van der Waals surface area contributed by atoms with Gasteiger partial charge in [0.1, 0.15) is 0 Å². The van der Waals surface area contributed by atoms with Crippen molar-refractivity contribution in [2.24, 2.45) is 0 Å². The number of ether oxygens (including phenoxy) is 2. The van der Waals surface area contributed by atoms with Crippen molar-refractivity contribution in [1.29, 1.82) is 0 Å². The fourth-order valence-electron chi connectivity index (χ4n) is 1.64.